The highest BCUT2D eigenvalue weighted by Crippen LogP contribution is 2.30. The van der Waals surface area contributed by atoms with Gasteiger partial charge in [0, 0.05) is 18.3 Å². The van der Waals surface area contributed by atoms with Crippen molar-refractivity contribution in [1.29, 1.82) is 0 Å². The van der Waals surface area contributed by atoms with Gasteiger partial charge in [-0.2, -0.15) is 0 Å². The predicted molar refractivity (Wildman–Crippen MR) is 117 cm³/mol. The lowest BCUT2D eigenvalue weighted by Crippen LogP contribution is -2.13. The van der Waals surface area contributed by atoms with Crippen LogP contribution < -0.4 is 11.1 Å². The largest absolute Gasteiger partial charge is 0.436 e. The lowest BCUT2D eigenvalue weighted by Gasteiger charge is -2.08. The quantitative estimate of drug-likeness (QED) is 0.441. The number of amides is 1. The van der Waals surface area contributed by atoms with Gasteiger partial charge in [0.25, 0.3) is 5.91 Å². The van der Waals surface area contributed by atoms with Crippen molar-refractivity contribution in [3.8, 4) is 22.8 Å². The Kier molecular flexibility index (Phi) is 4.67. The van der Waals surface area contributed by atoms with Crippen LogP contribution in [0.2, 0.25) is 0 Å². The third-order valence-corrected chi connectivity index (χ3v) is 5.10. The lowest BCUT2D eigenvalue weighted by atomic mass is 10.1. The van der Waals surface area contributed by atoms with Crippen LogP contribution in [0.5, 0.6) is 0 Å². The number of nitrogens with zero attached hydrogens (tertiary/aromatic N) is 2. The van der Waals surface area contributed by atoms with Gasteiger partial charge in [0.15, 0.2) is 11.3 Å². The van der Waals surface area contributed by atoms with Crippen LogP contribution >= 0.6 is 0 Å². The fourth-order valence-corrected chi connectivity index (χ4v) is 3.45. The van der Waals surface area contributed by atoms with Gasteiger partial charge in [-0.3, -0.25) is 9.36 Å². The maximum absolute atomic E-state index is 14.1. The van der Waals surface area contributed by atoms with Crippen molar-refractivity contribution in [1.82, 2.24) is 9.55 Å². The summed E-state index contributed by atoms with van der Waals surface area (Å²) in [6, 6.07) is 18.0. The summed E-state index contributed by atoms with van der Waals surface area (Å²) in [5.41, 5.74) is 2.56. The first-order chi connectivity index (χ1) is 15.5. The molecule has 0 aliphatic heterocycles. The molecule has 5 aromatic rings. The van der Waals surface area contributed by atoms with E-state index < -0.39 is 11.6 Å². The van der Waals surface area contributed by atoms with E-state index in [4.69, 9.17) is 8.83 Å². The average molecular weight is 429 g/mol. The van der Waals surface area contributed by atoms with Gasteiger partial charge in [-0.25, -0.2) is 14.2 Å². The first-order valence-corrected chi connectivity index (χ1v) is 9.72. The van der Waals surface area contributed by atoms with Gasteiger partial charge in [-0.1, -0.05) is 24.3 Å². The standard InChI is InChI=1S/C24H16FN3O4/c1-28-19-12-14(10-11-20(19)32-24(28)30)27-22(29)15-6-2-3-7-16(15)23-26-13-21(31-23)17-8-4-5-9-18(17)25/h2-13H,1H3,(H,27,29). The van der Waals surface area contributed by atoms with Gasteiger partial charge in [0.05, 0.1) is 22.8 Å². The number of hydrogen-bond donors (Lipinski definition) is 1. The molecule has 0 spiro atoms. The first-order valence-electron chi connectivity index (χ1n) is 9.72. The van der Waals surface area contributed by atoms with Crippen LogP contribution in [0.4, 0.5) is 10.1 Å². The van der Waals surface area contributed by atoms with Crippen molar-refractivity contribution in [2.24, 2.45) is 7.05 Å². The van der Waals surface area contributed by atoms with E-state index >= 15 is 0 Å². The van der Waals surface area contributed by atoms with Gasteiger partial charge in [0.1, 0.15) is 5.82 Å². The number of nitrogens with one attached hydrogen (secondary N) is 1. The molecule has 158 valence electrons. The normalized spacial score (nSPS) is 11.1. The van der Waals surface area contributed by atoms with E-state index in [9.17, 15) is 14.0 Å². The summed E-state index contributed by atoms with van der Waals surface area (Å²) in [7, 11) is 1.59. The smallest absolute Gasteiger partial charge is 0.419 e. The van der Waals surface area contributed by atoms with E-state index in [2.05, 4.69) is 10.3 Å². The minimum Gasteiger partial charge on any atom is -0.436 e. The number of rotatable bonds is 4. The Balaban J connectivity index is 1.47. The van der Waals surface area contributed by atoms with Gasteiger partial charge < -0.3 is 14.2 Å². The molecule has 0 fully saturated rings. The van der Waals surface area contributed by atoms with Gasteiger partial charge in [-0.05, 0) is 42.5 Å². The Morgan fingerprint density at radius 1 is 1.00 bits per heavy atom. The highest BCUT2D eigenvalue weighted by molar-refractivity contribution is 6.08. The molecule has 0 radical (unpaired) electrons. The average Bonchev–Trinajstić information content (AvgIpc) is 3.39. The zero-order valence-electron chi connectivity index (χ0n) is 16.8. The topological polar surface area (TPSA) is 90.3 Å². The number of halogens is 1. The predicted octanol–water partition coefficient (Wildman–Crippen LogP) is 4.84. The molecule has 0 saturated carbocycles. The van der Waals surface area contributed by atoms with Crippen LogP contribution in [-0.4, -0.2) is 15.5 Å². The molecular formula is C24H16FN3O4. The van der Waals surface area contributed by atoms with E-state index in [0.717, 1.165) is 0 Å². The monoisotopic (exact) mass is 429 g/mol. The third kappa shape index (κ3) is 3.37. The van der Waals surface area contributed by atoms with Crippen LogP contribution in [0.25, 0.3) is 33.9 Å². The number of hydrogen-bond acceptors (Lipinski definition) is 5. The highest BCUT2D eigenvalue weighted by Gasteiger charge is 2.18. The van der Waals surface area contributed by atoms with Crippen molar-refractivity contribution in [2.75, 3.05) is 5.32 Å². The maximum Gasteiger partial charge on any atom is 0.419 e. The Labute approximate surface area is 180 Å². The summed E-state index contributed by atoms with van der Waals surface area (Å²) < 4.78 is 26.3. The van der Waals surface area contributed by atoms with Crippen LogP contribution in [0.3, 0.4) is 0 Å². The molecule has 0 saturated heterocycles. The Morgan fingerprint density at radius 3 is 2.56 bits per heavy atom. The summed E-state index contributed by atoms with van der Waals surface area (Å²) in [5.74, 6) is -0.839. The molecule has 7 nitrogen and oxygen atoms in total. The van der Waals surface area contributed by atoms with E-state index in [1.54, 1.807) is 67.7 Å². The fourth-order valence-electron chi connectivity index (χ4n) is 3.45. The number of aryl methyl sites for hydroxylation is 1. The first kappa shape index (κ1) is 19.5. The second-order valence-electron chi connectivity index (χ2n) is 7.12. The second kappa shape index (κ2) is 7.66. The lowest BCUT2D eigenvalue weighted by molar-refractivity contribution is 0.102. The minimum absolute atomic E-state index is 0.196. The summed E-state index contributed by atoms with van der Waals surface area (Å²) >= 11 is 0. The number of benzene rings is 3. The highest BCUT2D eigenvalue weighted by atomic mass is 19.1. The molecule has 1 amide bonds. The summed E-state index contributed by atoms with van der Waals surface area (Å²) in [5, 5.41) is 2.82. The summed E-state index contributed by atoms with van der Waals surface area (Å²) in [4.78, 5) is 29.0. The molecular weight excluding hydrogens is 413 g/mol. The molecule has 5 rings (SSSR count). The van der Waals surface area contributed by atoms with Crippen molar-refractivity contribution in [3.05, 3.63) is 94.9 Å². The number of fused-ring (bicyclic) bond motifs is 1. The van der Waals surface area contributed by atoms with Gasteiger partial charge >= 0.3 is 5.76 Å². The molecule has 0 bridgehead atoms. The zero-order chi connectivity index (χ0) is 22.2. The molecule has 3 aromatic carbocycles. The Hall–Kier alpha value is -4.46. The summed E-state index contributed by atoms with van der Waals surface area (Å²) in [6.45, 7) is 0. The number of carbonyl (C=O) groups is 1. The van der Waals surface area contributed by atoms with Crippen LogP contribution in [0, 0.1) is 5.82 Å². The van der Waals surface area contributed by atoms with Crippen LogP contribution in [0.15, 0.2) is 86.6 Å². The number of anilines is 1. The van der Waals surface area contributed by atoms with Gasteiger partial charge in [0.2, 0.25) is 5.89 Å². The molecule has 0 unspecified atom stereocenters. The molecule has 8 heteroatoms. The van der Waals surface area contributed by atoms with Crippen LogP contribution in [-0.2, 0) is 7.05 Å². The maximum atomic E-state index is 14.1. The van der Waals surface area contributed by atoms with Gasteiger partial charge in [-0.15, -0.1) is 0 Å². The molecule has 0 aliphatic rings. The van der Waals surface area contributed by atoms with E-state index in [0.29, 0.717) is 27.9 Å². The molecule has 2 heterocycles. The number of oxazole rings is 2. The van der Waals surface area contributed by atoms with Crippen molar-refractivity contribution in [3.63, 3.8) is 0 Å². The Bertz CT molecular complexity index is 1530. The molecule has 0 atom stereocenters. The van der Waals surface area contributed by atoms with E-state index in [1.165, 1.54) is 16.8 Å². The van der Waals surface area contributed by atoms with Crippen molar-refractivity contribution < 1.29 is 18.0 Å². The third-order valence-electron chi connectivity index (χ3n) is 5.10. The van der Waals surface area contributed by atoms with Crippen molar-refractivity contribution in [2.45, 2.75) is 0 Å². The number of aromatic nitrogens is 2. The van der Waals surface area contributed by atoms with E-state index in [1.807, 2.05) is 0 Å². The zero-order valence-corrected chi connectivity index (χ0v) is 16.8. The van der Waals surface area contributed by atoms with Crippen LogP contribution in [0.1, 0.15) is 10.4 Å². The minimum atomic E-state index is -0.483. The molecule has 1 N–H and O–H groups in total. The Morgan fingerprint density at radius 2 is 1.75 bits per heavy atom. The fraction of sp³-hybridized carbons (Fsp3) is 0.0417. The van der Waals surface area contributed by atoms with E-state index in [-0.39, 0.29) is 23.1 Å². The SMILES string of the molecule is Cn1c(=O)oc2ccc(NC(=O)c3ccccc3-c3ncc(-c4ccccc4F)o3)cc21. The molecule has 2 aromatic heterocycles. The molecule has 0 aliphatic carbocycles. The van der Waals surface area contributed by atoms with Crippen molar-refractivity contribution >= 4 is 22.7 Å². The summed E-state index contributed by atoms with van der Waals surface area (Å²) in [6.07, 6.45) is 1.43. The second-order valence-corrected chi connectivity index (χ2v) is 7.12. The number of carbonyl (C=O) groups excluding carboxylic acids is 1. The molecule has 32 heavy (non-hydrogen) atoms.